The first-order valence-corrected chi connectivity index (χ1v) is 5.69. The first-order valence-electron chi connectivity index (χ1n) is 5.69. The molecule has 1 saturated heterocycles. The van der Waals surface area contributed by atoms with Crippen molar-refractivity contribution in [3.05, 3.63) is 29.8 Å². The number of amides is 1. The number of hydrogen-bond donors (Lipinski definition) is 0. The molecule has 0 bridgehead atoms. The summed E-state index contributed by atoms with van der Waals surface area (Å²) in [7, 11) is 1.53. The molecule has 0 aromatic heterocycles. The molecule has 0 aliphatic carbocycles. The van der Waals surface area contributed by atoms with Crippen LogP contribution >= 0.6 is 0 Å². The van der Waals surface area contributed by atoms with Gasteiger partial charge in [0.1, 0.15) is 5.75 Å². The Balaban J connectivity index is 2.18. The zero-order chi connectivity index (χ0) is 13.0. The molecule has 5 nitrogen and oxygen atoms in total. The summed E-state index contributed by atoms with van der Waals surface area (Å²) >= 11 is 0. The third-order valence-corrected chi connectivity index (χ3v) is 2.84. The van der Waals surface area contributed by atoms with Crippen molar-refractivity contribution >= 4 is 5.91 Å². The predicted molar refractivity (Wildman–Crippen MR) is 64.3 cm³/mol. The molecule has 1 atom stereocenters. The number of carbonyl (C=O) groups is 1. The molecule has 18 heavy (non-hydrogen) atoms. The first-order chi connectivity index (χ1) is 8.76. The topological polar surface area (TPSA) is 62.6 Å². The van der Waals surface area contributed by atoms with Gasteiger partial charge in [0.05, 0.1) is 31.9 Å². The molecule has 1 heterocycles. The molecule has 0 spiro atoms. The quantitative estimate of drug-likeness (QED) is 0.782. The summed E-state index contributed by atoms with van der Waals surface area (Å²) in [5.74, 6) is 0.415. The molecule has 1 aromatic carbocycles. The molecule has 1 aromatic rings. The van der Waals surface area contributed by atoms with Gasteiger partial charge in [-0.2, -0.15) is 5.26 Å². The molecule has 0 radical (unpaired) electrons. The van der Waals surface area contributed by atoms with Crippen LogP contribution in [0.25, 0.3) is 0 Å². The van der Waals surface area contributed by atoms with Crippen molar-refractivity contribution < 1.29 is 14.3 Å². The van der Waals surface area contributed by atoms with Gasteiger partial charge in [-0.25, -0.2) is 0 Å². The van der Waals surface area contributed by atoms with Gasteiger partial charge in [0.25, 0.3) is 5.91 Å². The number of carbonyl (C=O) groups excluding carboxylic acids is 1. The van der Waals surface area contributed by atoms with E-state index in [0.29, 0.717) is 31.0 Å². The Morgan fingerprint density at radius 1 is 1.56 bits per heavy atom. The number of para-hydroxylation sites is 1. The fourth-order valence-corrected chi connectivity index (χ4v) is 1.90. The van der Waals surface area contributed by atoms with Gasteiger partial charge in [-0.1, -0.05) is 12.1 Å². The summed E-state index contributed by atoms with van der Waals surface area (Å²) in [6.45, 7) is 1.18. The number of rotatable bonds is 2. The molecule has 5 heteroatoms. The summed E-state index contributed by atoms with van der Waals surface area (Å²) in [4.78, 5) is 13.9. The van der Waals surface area contributed by atoms with E-state index in [-0.39, 0.29) is 5.91 Å². The fourth-order valence-electron chi connectivity index (χ4n) is 1.90. The number of morpholine rings is 1. The number of benzene rings is 1. The highest BCUT2D eigenvalue weighted by molar-refractivity contribution is 5.97. The van der Waals surface area contributed by atoms with Crippen LogP contribution in [-0.4, -0.2) is 43.7 Å². The summed E-state index contributed by atoms with van der Waals surface area (Å²) < 4.78 is 10.4. The smallest absolute Gasteiger partial charge is 0.257 e. The van der Waals surface area contributed by atoms with Crippen molar-refractivity contribution in [2.24, 2.45) is 0 Å². The first kappa shape index (κ1) is 12.4. The Labute approximate surface area is 106 Å². The number of nitriles is 1. The van der Waals surface area contributed by atoms with E-state index in [2.05, 4.69) is 0 Å². The summed E-state index contributed by atoms with van der Waals surface area (Å²) in [6, 6.07) is 9.09. The van der Waals surface area contributed by atoms with E-state index in [1.54, 1.807) is 23.1 Å². The van der Waals surface area contributed by atoms with Gasteiger partial charge >= 0.3 is 0 Å². The number of ether oxygens (including phenoxy) is 2. The lowest BCUT2D eigenvalue weighted by Crippen LogP contribution is -2.45. The van der Waals surface area contributed by atoms with Crippen LogP contribution in [0.2, 0.25) is 0 Å². The van der Waals surface area contributed by atoms with Crippen molar-refractivity contribution in [3.63, 3.8) is 0 Å². The van der Waals surface area contributed by atoms with Gasteiger partial charge < -0.3 is 14.4 Å². The van der Waals surface area contributed by atoms with Gasteiger partial charge in [-0.05, 0) is 12.1 Å². The van der Waals surface area contributed by atoms with Crippen LogP contribution in [0.1, 0.15) is 10.4 Å². The Kier molecular flexibility index (Phi) is 3.80. The molecular formula is C13H14N2O3. The Morgan fingerprint density at radius 2 is 2.33 bits per heavy atom. The Morgan fingerprint density at radius 3 is 3.06 bits per heavy atom. The maximum Gasteiger partial charge on any atom is 0.257 e. The van der Waals surface area contributed by atoms with Gasteiger partial charge in [0.2, 0.25) is 0 Å². The maximum atomic E-state index is 12.3. The van der Waals surface area contributed by atoms with Crippen molar-refractivity contribution in [2.45, 2.75) is 6.10 Å². The highest BCUT2D eigenvalue weighted by atomic mass is 16.5. The van der Waals surface area contributed by atoms with Gasteiger partial charge in [-0.3, -0.25) is 4.79 Å². The number of methoxy groups -OCH3 is 1. The van der Waals surface area contributed by atoms with Gasteiger partial charge in [-0.15, -0.1) is 0 Å². The zero-order valence-electron chi connectivity index (χ0n) is 10.1. The van der Waals surface area contributed by atoms with E-state index in [4.69, 9.17) is 14.7 Å². The van der Waals surface area contributed by atoms with Crippen molar-refractivity contribution in [1.29, 1.82) is 5.26 Å². The van der Waals surface area contributed by atoms with E-state index in [9.17, 15) is 4.79 Å². The third-order valence-electron chi connectivity index (χ3n) is 2.84. The third kappa shape index (κ3) is 2.44. The van der Waals surface area contributed by atoms with Gasteiger partial charge in [0, 0.05) is 6.54 Å². The second kappa shape index (κ2) is 5.52. The molecule has 1 amide bonds. The minimum atomic E-state index is -0.544. The standard InChI is InChI=1S/C13H14N2O3/c1-17-12-5-3-2-4-11(12)13(16)15-6-7-18-10(8-14)9-15/h2-5,10H,6-7,9H2,1H3. The van der Waals surface area contributed by atoms with E-state index in [1.165, 1.54) is 7.11 Å². The molecular weight excluding hydrogens is 232 g/mol. The van der Waals surface area contributed by atoms with Crippen LogP contribution in [-0.2, 0) is 4.74 Å². The second-order valence-corrected chi connectivity index (χ2v) is 3.94. The van der Waals surface area contributed by atoms with E-state index in [0.717, 1.165) is 0 Å². The van der Waals surface area contributed by atoms with E-state index in [1.807, 2.05) is 12.1 Å². The molecule has 2 rings (SSSR count). The predicted octanol–water partition coefficient (Wildman–Crippen LogP) is 1.06. The largest absolute Gasteiger partial charge is 0.496 e. The minimum Gasteiger partial charge on any atom is -0.496 e. The minimum absolute atomic E-state index is 0.129. The van der Waals surface area contributed by atoms with Crippen LogP contribution < -0.4 is 4.74 Å². The molecule has 0 saturated carbocycles. The molecule has 94 valence electrons. The van der Waals surface area contributed by atoms with Crippen molar-refractivity contribution in [1.82, 2.24) is 4.90 Å². The number of nitrogens with zero attached hydrogens (tertiary/aromatic N) is 2. The lowest BCUT2D eigenvalue weighted by Gasteiger charge is -2.30. The van der Waals surface area contributed by atoms with E-state index >= 15 is 0 Å². The normalized spacial score (nSPS) is 19.1. The maximum absolute atomic E-state index is 12.3. The number of hydrogen-bond acceptors (Lipinski definition) is 4. The van der Waals surface area contributed by atoms with Crippen LogP contribution in [0.4, 0.5) is 0 Å². The van der Waals surface area contributed by atoms with Crippen molar-refractivity contribution in [3.8, 4) is 11.8 Å². The van der Waals surface area contributed by atoms with Crippen LogP contribution in [0.5, 0.6) is 5.75 Å². The Bertz CT molecular complexity index is 481. The summed E-state index contributed by atoms with van der Waals surface area (Å²) in [6.07, 6.45) is -0.544. The van der Waals surface area contributed by atoms with Crippen LogP contribution in [0, 0.1) is 11.3 Å². The second-order valence-electron chi connectivity index (χ2n) is 3.94. The lowest BCUT2D eigenvalue weighted by molar-refractivity contribution is 0.00334. The van der Waals surface area contributed by atoms with Gasteiger partial charge in [0.15, 0.2) is 6.10 Å². The van der Waals surface area contributed by atoms with Crippen LogP contribution in [0.3, 0.4) is 0 Å². The fraction of sp³-hybridized carbons (Fsp3) is 0.385. The average Bonchev–Trinajstić information content (AvgIpc) is 2.46. The lowest BCUT2D eigenvalue weighted by atomic mass is 10.1. The molecule has 1 unspecified atom stereocenters. The molecule has 1 aliphatic heterocycles. The highest BCUT2D eigenvalue weighted by Gasteiger charge is 2.26. The molecule has 1 fully saturated rings. The van der Waals surface area contributed by atoms with Crippen LogP contribution in [0.15, 0.2) is 24.3 Å². The monoisotopic (exact) mass is 246 g/mol. The average molecular weight is 246 g/mol. The highest BCUT2D eigenvalue weighted by Crippen LogP contribution is 2.20. The summed E-state index contributed by atoms with van der Waals surface area (Å²) in [5, 5.41) is 8.82. The zero-order valence-corrected chi connectivity index (χ0v) is 10.1. The SMILES string of the molecule is COc1ccccc1C(=O)N1CCOC(C#N)C1. The van der Waals surface area contributed by atoms with E-state index < -0.39 is 6.10 Å². The summed E-state index contributed by atoms with van der Waals surface area (Å²) in [5.41, 5.74) is 0.513. The van der Waals surface area contributed by atoms with Crippen molar-refractivity contribution in [2.75, 3.05) is 26.8 Å². The molecule has 1 aliphatic rings. The Hall–Kier alpha value is -2.06. The molecule has 0 N–H and O–H groups in total.